The number of nitrogens with one attached hydrogen (secondary N) is 1. The van der Waals surface area contributed by atoms with Gasteiger partial charge in [0, 0.05) is 23.7 Å². The molecule has 1 heterocycles. The number of hydrogen-bond acceptors (Lipinski definition) is 7. The lowest BCUT2D eigenvalue weighted by atomic mass is 10.1. The van der Waals surface area contributed by atoms with Crippen LogP contribution in [0.4, 0.5) is 11.4 Å². The number of methoxy groups -OCH3 is 3. The summed E-state index contributed by atoms with van der Waals surface area (Å²) in [4.78, 5) is 32.0. The van der Waals surface area contributed by atoms with Gasteiger partial charge >= 0.3 is 0 Å². The van der Waals surface area contributed by atoms with Crippen molar-refractivity contribution in [1.82, 2.24) is 0 Å². The van der Waals surface area contributed by atoms with Crippen LogP contribution < -0.4 is 24.4 Å². The smallest absolute Gasteiger partial charge is 0.247 e. The van der Waals surface area contributed by atoms with Crippen LogP contribution in [0.3, 0.4) is 0 Å². The van der Waals surface area contributed by atoms with Gasteiger partial charge in [0.1, 0.15) is 11.0 Å². The molecule has 3 aromatic carbocycles. The summed E-state index contributed by atoms with van der Waals surface area (Å²) < 4.78 is 15.9. The number of carbonyl (C=O) groups excluding carboxylic acids is 2. The zero-order chi connectivity index (χ0) is 27.1. The molecule has 2 amide bonds. The minimum atomic E-state index is -0.618. The molecular formula is C28H28ClN3O5S. The van der Waals surface area contributed by atoms with Gasteiger partial charge in [-0.3, -0.25) is 14.6 Å². The van der Waals surface area contributed by atoms with Gasteiger partial charge in [-0.15, -0.1) is 0 Å². The zero-order valence-electron chi connectivity index (χ0n) is 21.3. The van der Waals surface area contributed by atoms with Gasteiger partial charge < -0.3 is 19.5 Å². The molecule has 1 saturated heterocycles. The second kappa shape index (κ2) is 12.7. The maximum atomic E-state index is 13.2. The van der Waals surface area contributed by atoms with E-state index in [2.05, 4.69) is 5.32 Å². The van der Waals surface area contributed by atoms with E-state index in [9.17, 15) is 9.59 Å². The Morgan fingerprint density at radius 1 is 1.00 bits per heavy atom. The molecule has 8 nitrogen and oxygen atoms in total. The van der Waals surface area contributed by atoms with Gasteiger partial charge in [0.25, 0.3) is 0 Å². The molecular weight excluding hydrogens is 526 g/mol. The first-order valence-corrected chi connectivity index (χ1v) is 13.1. The number of ether oxygens (including phenoxy) is 3. The second-order valence-corrected chi connectivity index (χ2v) is 9.97. The van der Waals surface area contributed by atoms with Crippen LogP contribution in [0.2, 0.25) is 5.02 Å². The van der Waals surface area contributed by atoms with Crippen molar-refractivity contribution in [2.24, 2.45) is 4.99 Å². The van der Waals surface area contributed by atoms with Crippen LogP contribution in [0.15, 0.2) is 71.7 Å². The topological polar surface area (TPSA) is 89.5 Å². The highest BCUT2D eigenvalue weighted by molar-refractivity contribution is 8.15. The Kier molecular flexibility index (Phi) is 9.15. The van der Waals surface area contributed by atoms with E-state index in [-0.39, 0.29) is 18.2 Å². The molecule has 1 aliphatic heterocycles. The van der Waals surface area contributed by atoms with Gasteiger partial charge in [0.05, 0.1) is 27.0 Å². The average Bonchev–Trinajstić information content (AvgIpc) is 3.20. The van der Waals surface area contributed by atoms with Gasteiger partial charge in [-0.2, -0.15) is 0 Å². The largest absolute Gasteiger partial charge is 0.497 e. The van der Waals surface area contributed by atoms with Gasteiger partial charge in [-0.1, -0.05) is 35.5 Å². The highest BCUT2D eigenvalue weighted by Crippen LogP contribution is 2.32. The fourth-order valence-corrected chi connectivity index (χ4v) is 5.17. The van der Waals surface area contributed by atoms with Crippen molar-refractivity contribution in [1.29, 1.82) is 0 Å². The van der Waals surface area contributed by atoms with Gasteiger partial charge in [-0.25, -0.2) is 4.90 Å². The fraction of sp³-hybridized carbons (Fsp3) is 0.250. The number of thioether (sulfide) groups is 1. The van der Waals surface area contributed by atoms with E-state index >= 15 is 0 Å². The number of imide groups is 1. The van der Waals surface area contributed by atoms with Crippen LogP contribution in [-0.4, -0.2) is 50.1 Å². The van der Waals surface area contributed by atoms with Crippen molar-refractivity contribution in [3.8, 4) is 17.2 Å². The van der Waals surface area contributed by atoms with Crippen molar-refractivity contribution in [2.75, 3.05) is 38.1 Å². The number of nitrogens with zero attached hydrogens (tertiary/aromatic N) is 2. The molecule has 0 bridgehead atoms. The van der Waals surface area contributed by atoms with E-state index in [4.69, 9.17) is 30.8 Å². The lowest BCUT2D eigenvalue weighted by Gasteiger charge is -2.16. The predicted molar refractivity (Wildman–Crippen MR) is 152 cm³/mol. The zero-order valence-corrected chi connectivity index (χ0v) is 22.8. The number of rotatable bonds is 9. The molecule has 1 unspecified atom stereocenters. The third-order valence-corrected chi connectivity index (χ3v) is 7.21. The van der Waals surface area contributed by atoms with Gasteiger partial charge in [0.2, 0.25) is 11.8 Å². The van der Waals surface area contributed by atoms with E-state index in [1.807, 2.05) is 42.5 Å². The fourth-order valence-electron chi connectivity index (χ4n) is 3.94. The van der Waals surface area contributed by atoms with E-state index < -0.39 is 5.25 Å². The Morgan fingerprint density at radius 3 is 2.45 bits per heavy atom. The first-order chi connectivity index (χ1) is 18.4. The quantitative estimate of drug-likeness (QED) is 0.214. The number of anilines is 2. The Balaban J connectivity index is 1.52. The molecule has 10 heteroatoms. The summed E-state index contributed by atoms with van der Waals surface area (Å²) >= 11 is 7.33. The number of carbonyl (C=O) groups is 2. The SMILES string of the molecule is COc1ccc(NC(=NCCc2ccc(OC)c(OC)c2)SC2CC(=O)N(c3cccc(Cl)c3)C2=O)cc1. The number of benzene rings is 3. The van der Waals surface area contributed by atoms with Crippen molar-refractivity contribution in [2.45, 2.75) is 18.1 Å². The third-order valence-electron chi connectivity index (χ3n) is 5.87. The van der Waals surface area contributed by atoms with Crippen molar-refractivity contribution >= 4 is 51.7 Å². The van der Waals surface area contributed by atoms with E-state index in [0.717, 1.165) is 17.0 Å². The predicted octanol–water partition coefficient (Wildman–Crippen LogP) is 5.44. The molecule has 0 radical (unpaired) electrons. The molecule has 1 atom stereocenters. The maximum absolute atomic E-state index is 13.2. The third kappa shape index (κ3) is 6.59. The number of amidine groups is 1. The summed E-state index contributed by atoms with van der Waals surface area (Å²) in [6, 6.07) is 19.8. The monoisotopic (exact) mass is 553 g/mol. The summed E-state index contributed by atoms with van der Waals surface area (Å²) in [5.74, 6) is 1.46. The Morgan fingerprint density at radius 2 is 1.76 bits per heavy atom. The molecule has 1 N–H and O–H groups in total. The minimum Gasteiger partial charge on any atom is -0.497 e. The van der Waals surface area contributed by atoms with E-state index in [0.29, 0.717) is 40.3 Å². The first-order valence-electron chi connectivity index (χ1n) is 11.9. The summed E-state index contributed by atoms with van der Waals surface area (Å²) in [6.45, 7) is 0.452. The van der Waals surface area contributed by atoms with Crippen molar-refractivity contribution in [3.05, 3.63) is 77.3 Å². The highest BCUT2D eigenvalue weighted by Gasteiger charge is 2.40. The van der Waals surface area contributed by atoms with Crippen LogP contribution in [0.5, 0.6) is 17.2 Å². The normalized spacial score (nSPS) is 15.5. The standard InChI is InChI=1S/C28H28ClN3O5S/c1-35-22-10-8-20(9-11-22)31-28(30-14-13-18-7-12-23(36-2)24(15-18)37-3)38-25-17-26(33)32(27(25)34)21-6-4-5-19(29)16-21/h4-12,15-16,25H,13-14,17H2,1-3H3,(H,30,31). The molecule has 0 aromatic heterocycles. The number of halogens is 1. The highest BCUT2D eigenvalue weighted by atomic mass is 35.5. The molecule has 0 saturated carbocycles. The Bertz CT molecular complexity index is 1330. The second-order valence-electron chi connectivity index (χ2n) is 8.34. The Labute approximate surface area is 230 Å². The molecule has 1 aliphatic rings. The van der Waals surface area contributed by atoms with Crippen molar-refractivity contribution < 1.29 is 23.8 Å². The molecule has 1 fully saturated rings. The van der Waals surface area contributed by atoms with Crippen molar-refractivity contribution in [3.63, 3.8) is 0 Å². The summed E-state index contributed by atoms with van der Waals surface area (Å²) in [5, 5.41) is 3.67. The molecule has 198 valence electrons. The average molecular weight is 554 g/mol. The summed E-state index contributed by atoms with van der Waals surface area (Å²) in [6.07, 6.45) is 0.704. The lowest BCUT2D eigenvalue weighted by Crippen LogP contribution is -2.31. The number of aliphatic imine (C=N–C) groups is 1. The first kappa shape index (κ1) is 27.3. The molecule has 4 rings (SSSR count). The van der Waals surface area contributed by atoms with Crippen LogP contribution >= 0.6 is 23.4 Å². The van der Waals surface area contributed by atoms with E-state index in [1.54, 1.807) is 45.6 Å². The van der Waals surface area contributed by atoms with Crippen LogP contribution in [-0.2, 0) is 16.0 Å². The van der Waals surface area contributed by atoms with E-state index in [1.165, 1.54) is 16.7 Å². The minimum absolute atomic E-state index is 0.0645. The van der Waals surface area contributed by atoms with Crippen LogP contribution in [0, 0.1) is 0 Å². The van der Waals surface area contributed by atoms with Crippen LogP contribution in [0.25, 0.3) is 0 Å². The molecule has 0 spiro atoms. The number of hydrogen-bond donors (Lipinski definition) is 1. The molecule has 3 aromatic rings. The Hall–Kier alpha value is -3.69. The maximum Gasteiger partial charge on any atom is 0.247 e. The summed E-state index contributed by atoms with van der Waals surface area (Å²) in [7, 11) is 4.80. The van der Waals surface area contributed by atoms with Gasteiger partial charge in [-0.05, 0) is 66.6 Å². The van der Waals surface area contributed by atoms with Gasteiger partial charge in [0.15, 0.2) is 16.7 Å². The lowest BCUT2D eigenvalue weighted by molar-refractivity contribution is -0.121. The molecule has 38 heavy (non-hydrogen) atoms. The van der Waals surface area contributed by atoms with Crippen LogP contribution in [0.1, 0.15) is 12.0 Å². The molecule has 0 aliphatic carbocycles. The summed E-state index contributed by atoms with van der Waals surface area (Å²) in [5.41, 5.74) is 2.27. The number of amides is 2.